The van der Waals surface area contributed by atoms with Crippen LogP contribution in [0.5, 0.6) is 0 Å². The molecule has 2 saturated heterocycles. The Kier molecular flexibility index (Phi) is 2.84. The van der Waals surface area contributed by atoms with Gasteiger partial charge in [0.05, 0.1) is 5.54 Å². The van der Waals surface area contributed by atoms with Crippen molar-refractivity contribution in [3.8, 4) is 0 Å². The van der Waals surface area contributed by atoms with Crippen LogP contribution in [0, 0.1) is 0 Å². The second kappa shape index (κ2) is 3.68. The molecule has 2 aliphatic rings. The number of nitrogens with two attached hydrogens (primary N) is 1. The molecule has 6 heteroatoms. The van der Waals surface area contributed by atoms with Gasteiger partial charge in [-0.3, -0.25) is 0 Å². The minimum Gasteiger partial charge on any atom is -0.517 e. The van der Waals surface area contributed by atoms with Crippen molar-refractivity contribution < 1.29 is 18.6 Å². The molecule has 0 aliphatic carbocycles. The zero-order valence-electron chi connectivity index (χ0n) is 10.5. The average molecular weight is 230 g/mol. The first-order valence-electron chi connectivity index (χ1n) is 5.79. The molecule has 0 aromatic rings. The van der Waals surface area contributed by atoms with Gasteiger partial charge in [-0.05, 0) is 34.1 Å². The molecule has 16 heavy (non-hydrogen) atoms. The fourth-order valence-electron chi connectivity index (χ4n) is 2.31. The highest BCUT2D eigenvalue weighted by molar-refractivity contribution is 6.54. The van der Waals surface area contributed by atoms with Crippen molar-refractivity contribution in [2.24, 2.45) is 5.73 Å². The molecule has 2 aliphatic heterocycles. The molecule has 2 N–H and O–H groups in total. The average Bonchev–Trinajstić information content (AvgIpc) is 2.08. The summed E-state index contributed by atoms with van der Waals surface area (Å²) in [5.74, 6) is 0. The molecule has 0 aromatic heterocycles. The fourth-order valence-corrected chi connectivity index (χ4v) is 2.31. The van der Waals surface area contributed by atoms with E-state index in [1.54, 1.807) is 0 Å². The largest absolute Gasteiger partial charge is 0.531 e. The normalized spacial score (nSPS) is 48.2. The van der Waals surface area contributed by atoms with Crippen molar-refractivity contribution in [1.82, 2.24) is 0 Å². The maximum Gasteiger partial charge on any atom is 0.531 e. The van der Waals surface area contributed by atoms with Crippen LogP contribution in [0.15, 0.2) is 0 Å². The molecule has 0 amide bonds. The van der Waals surface area contributed by atoms with Crippen molar-refractivity contribution in [2.45, 2.75) is 51.4 Å². The third-order valence-electron chi connectivity index (χ3n) is 2.88. The van der Waals surface area contributed by atoms with E-state index < -0.39 is 12.5 Å². The highest BCUT2D eigenvalue weighted by Gasteiger charge is 2.47. The minimum atomic E-state index is -2.07. The number of hydrogen-bond donors (Lipinski definition) is 1. The Labute approximate surface area is 96.6 Å². The second-order valence-corrected chi connectivity index (χ2v) is 5.88. The summed E-state index contributed by atoms with van der Waals surface area (Å²) in [6.07, 6.45) is 0.884. The number of hydrogen-bond acceptors (Lipinski definition) is 5. The Hall–Kier alpha value is -0.135. The van der Waals surface area contributed by atoms with E-state index in [0.717, 1.165) is 6.42 Å². The molecule has 1 unspecified atom stereocenters. The summed E-state index contributed by atoms with van der Waals surface area (Å²) in [5.41, 5.74) is 5.16. The Morgan fingerprint density at radius 1 is 1.19 bits per heavy atom. The predicted octanol–water partition coefficient (Wildman–Crippen LogP) is 0.790. The third kappa shape index (κ3) is 2.57. The molecule has 1 atom stereocenters. The van der Waals surface area contributed by atoms with E-state index in [9.17, 15) is 0 Å². The van der Waals surface area contributed by atoms with E-state index >= 15 is 0 Å². The van der Waals surface area contributed by atoms with E-state index in [1.807, 2.05) is 27.7 Å². The van der Waals surface area contributed by atoms with Crippen molar-refractivity contribution in [3.63, 3.8) is 0 Å². The van der Waals surface area contributed by atoms with Crippen LogP contribution < -0.4 is 5.73 Å². The highest BCUT2D eigenvalue weighted by Crippen LogP contribution is 2.35. The summed E-state index contributed by atoms with van der Waals surface area (Å²) in [6, 6.07) is 0. The number of rotatable bonds is 0. The zero-order chi connectivity index (χ0) is 12.0. The zero-order valence-corrected chi connectivity index (χ0v) is 10.5. The van der Waals surface area contributed by atoms with Crippen molar-refractivity contribution >= 4 is 6.96 Å². The van der Waals surface area contributed by atoms with Crippen LogP contribution >= 0.6 is 0 Å². The van der Waals surface area contributed by atoms with Gasteiger partial charge in [-0.1, -0.05) is 0 Å². The summed E-state index contributed by atoms with van der Waals surface area (Å²) >= 11 is 0. The molecule has 0 bridgehead atoms. The topological polar surface area (TPSA) is 62.9 Å². The van der Waals surface area contributed by atoms with Crippen LogP contribution in [-0.2, 0) is 18.6 Å². The molecule has 2 heterocycles. The van der Waals surface area contributed by atoms with E-state index in [-0.39, 0.29) is 11.7 Å². The van der Waals surface area contributed by atoms with E-state index in [1.165, 1.54) is 0 Å². The predicted molar refractivity (Wildman–Crippen MR) is 60.6 cm³/mol. The Bertz CT molecular complexity index is 272. The lowest BCUT2D eigenvalue weighted by atomic mass is 9.88. The standard InChI is InChI=1S/C10H21BNO4/c1-8-5-9(2,3)16-11(15-8)13-6-10(4,12)7-14-11/h8H,5-7,12H2,1-4H3/q-1. The lowest BCUT2D eigenvalue weighted by Gasteiger charge is -2.57. The minimum absolute atomic E-state index is 0.0610. The van der Waals surface area contributed by atoms with Crippen molar-refractivity contribution in [1.29, 1.82) is 0 Å². The van der Waals surface area contributed by atoms with Gasteiger partial charge >= 0.3 is 6.96 Å². The summed E-state index contributed by atoms with van der Waals surface area (Å²) < 4.78 is 22.7. The van der Waals surface area contributed by atoms with Crippen LogP contribution in [0.4, 0.5) is 0 Å². The van der Waals surface area contributed by atoms with Crippen LogP contribution in [-0.4, -0.2) is 37.4 Å². The van der Waals surface area contributed by atoms with Crippen LogP contribution in [0.25, 0.3) is 0 Å². The van der Waals surface area contributed by atoms with Crippen LogP contribution in [0.1, 0.15) is 34.1 Å². The summed E-state index contributed by atoms with van der Waals surface area (Å²) in [6.45, 7) is 6.60. The first-order valence-corrected chi connectivity index (χ1v) is 5.79. The van der Waals surface area contributed by atoms with Gasteiger partial charge in [-0.2, -0.15) is 0 Å². The fraction of sp³-hybridized carbons (Fsp3) is 1.00. The lowest BCUT2D eigenvalue weighted by Crippen LogP contribution is -2.67. The van der Waals surface area contributed by atoms with Gasteiger partial charge in [0, 0.05) is 24.9 Å². The first kappa shape index (κ1) is 12.3. The van der Waals surface area contributed by atoms with Crippen LogP contribution in [0.2, 0.25) is 0 Å². The molecule has 1 spiro atoms. The van der Waals surface area contributed by atoms with Gasteiger partial charge in [0.2, 0.25) is 0 Å². The smallest absolute Gasteiger partial charge is 0.517 e. The monoisotopic (exact) mass is 230 g/mol. The Morgan fingerprint density at radius 2 is 1.75 bits per heavy atom. The molecule has 0 radical (unpaired) electrons. The maximum atomic E-state index is 5.92. The third-order valence-corrected chi connectivity index (χ3v) is 2.88. The van der Waals surface area contributed by atoms with Gasteiger partial charge in [0.15, 0.2) is 0 Å². The van der Waals surface area contributed by atoms with Gasteiger partial charge < -0.3 is 24.4 Å². The molecule has 2 fully saturated rings. The SMILES string of the molecule is CC1CC(C)(C)O[B-]2(OCC(C)(N)CO2)O1. The molecular formula is C10H21BNO4-. The van der Waals surface area contributed by atoms with Crippen LogP contribution in [0.3, 0.4) is 0 Å². The first-order chi connectivity index (χ1) is 7.22. The van der Waals surface area contributed by atoms with E-state index in [0.29, 0.717) is 13.2 Å². The Balaban J connectivity index is 2.08. The maximum absolute atomic E-state index is 5.92. The summed E-state index contributed by atoms with van der Waals surface area (Å²) in [5, 5.41) is 0. The van der Waals surface area contributed by atoms with Gasteiger partial charge in [-0.25, -0.2) is 0 Å². The highest BCUT2D eigenvalue weighted by atomic mass is 16.9. The van der Waals surface area contributed by atoms with Gasteiger partial charge in [0.25, 0.3) is 0 Å². The molecule has 94 valence electrons. The van der Waals surface area contributed by atoms with E-state index in [4.69, 9.17) is 24.4 Å². The molecular weight excluding hydrogens is 209 g/mol. The van der Waals surface area contributed by atoms with Crippen molar-refractivity contribution in [3.05, 3.63) is 0 Å². The molecule has 0 aromatic carbocycles. The van der Waals surface area contributed by atoms with E-state index in [2.05, 4.69) is 0 Å². The van der Waals surface area contributed by atoms with Gasteiger partial charge in [0.1, 0.15) is 0 Å². The summed E-state index contributed by atoms with van der Waals surface area (Å²) in [7, 11) is 0. The van der Waals surface area contributed by atoms with Crippen molar-refractivity contribution in [2.75, 3.05) is 13.2 Å². The lowest BCUT2D eigenvalue weighted by molar-refractivity contribution is -0.167. The molecule has 0 saturated carbocycles. The molecule has 2 rings (SSSR count). The Morgan fingerprint density at radius 3 is 2.25 bits per heavy atom. The summed E-state index contributed by atoms with van der Waals surface area (Å²) in [4.78, 5) is 0. The van der Waals surface area contributed by atoms with Gasteiger partial charge in [-0.15, -0.1) is 0 Å². The second-order valence-electron chi connectivity index (χ2n) is 5.88. The quantitative estimate of drug-likeness (QED) is 0.623. The molecule has 5 nitrogen and oxygen atoms in total.